The Bertz CT molecular complexity index is 336. The first kappa shape index (κ1) is 14.6. The van der Waals surface area contributed by atoms with E-state index in [4.69, 9.17) is 0 Å². The van der Waals surface area contributed by atoms with Crippen LogP contribution in [0, 0.1) is 0 Å². The highest BCUT2D eigenvalue weighted by Gasteiger charge is 2.28. The second-order valence-electron chi connectivity index (χ2n) is 4.02. The van der Waals surface area contributed by atoms with E-state index in [2.05, 4.69) is 4.74 Å². The van der Waals surface area contributed by atoms with Crippen LogP contribution in [0.3, 0.4) is 0 Å². The van der Waals surface area contributed by atoms with Gasteiger partial charge in [0.1, 0.15) is 5.57 Å². The van der Waals surface area contributed by atoms with Crippen LogP contribution >= 0.6 is 0 Å². The van der Waals surface area contributed by atoms with E-state index >= 15 is 0 Å². The van der Waals surface area contributed by atoms with Gasteiger partial charge in [-0.25, -0.2) is 13.6 Å². The monoisotopic (exact) mass is 261 g/mol. The van der Waals surface area contributed by atoms with Crippen LogP contribution < -0.4 is 0 Å². The second kappa shape index (κ2) is 7.08. The number of hydrogen-bond donors (Lipinski definition) is 0. The van der Waals surface area contributed by atoms with Gasteiger partial charge in [0.05, 0.1) is 6.61 Å². The van der Waals surface area contributed by atoms with Crippen molar-refractivity contribution in [3.8, 4) is 0 Å². The van der Waals surface area contributed by atoms with E-state index in [-0.39, 0.29) is 6.61 Å². The minimum absolute atomic E-state index is 0.0483. The SMILES string of the molecule is CCOC(=O)/C(=C/N1CCCCC1)C(=O)C(F)F. The van der Waals surface area contributed by atoms with Crippen LogP contribution in [0.1, 0.15) is 26.2 Å². The van der Waals surface area contributed by atoms with Crippen molar-refractivity contribution < 1.29 is 23.1 Å². The van der Waals surface area contributed by atoms with Gasteiger partial charge in [0.15, 0.2) is 0 Å². The number of carbonyl (C=O) groups excluding carboxylic acids is 2. The number of alkyl halides is 2. The Morgan fingerprint density at radius 2 is 1.89 bits per heavy atom. The third kappa shape index (κ3) is 4.09. The maximum atomic E-state index is 12.4. The summed E-state index contributed by atoms with van der Waals surface area (Å²) in [6, 6.07) is 0. The summed E-state index contributed by atoms with van der Waals surface area (Å²) in [6.45, 7) is 2.94. The van der Waals surface area contributed by atoms with Crippen LogP contribution in [0.15, 0.2) is 11.8 Å². The van der Waals surface area contributed by atoms with E-state index < -0.39 is 23.8 Å². The van der Waals surface area contributed by atoms with Gasteiger partial charge in [0.25, 0.3) is 0 Å². The van der Waals surface area contributed by atoms with Gasteiger partial charge in [0, 0.05) is 19.3 Å². The molecule has 4 nitrogen and oxygen atoms in total. The van der Waals surface area contributed by atoms with Crippen LogP contribution in [0.2, 0.25) is 0 Å². The Kier molecular flexibility index (Phi) is 5.74. The fourth-order valence-corrected chi connectivity index (χ4v) is 1.77. The number of piperidine rings is 1. The van der Waals surface area contributed by atoms with Gasteiger partial charge < -0.3 is 9.64 Å². The first-order valence-corrected chi connectivity index (χ1v) is 6.01. The zero-order chi connectivity index (χ0) is 13.5. The van der Waals surface area contributed by atoms with Gasteiger partial charge in [-0.05, 0) is 26.2 Å². The van der Waals surface area contributed by atoms with Gasteiger partial charge in [-0.1, -0.05) is 0 Å². The number of rotatable bonds is 5. The van der Waals surface area contributed by atoms with E-state index in [1.807, 2.05) is 0 Å². The molecule has 18 heavy (non-hydrogen) atoms. The minimum atomic E-state index is -3.19. The van der Waals surface area contributed by atoms with Crippen molar-refractivity contribution in [3.63, 3.8) is 0 Å². The molecule has 0 aromatic carbocycles. The molecule has 0 atom stereocenters. The molecule has 1 saturated heterocycles. The summed E-state index contributed by atoms with van der Waals surface area (Å²) >= 11 is 0. The van der Waals surface area contributed by atoms with Gasteiger partial charge in [0.2, 0.25) is 5.78 Å². The van der Waals surface area contributed by atoms with E-state index in [0.29, 0.717) is 13.1 Å². The normalized spacial score (nSPS) is 16.9. The molecule has 1 aliphatic rings. The first-order valence-electron chi connectivity index (χ1n) is 6.01. The van der Waals surface area contributed by atoms with Crippen LogP contribution in [0.4, 0.5) is 8.78 Å². The highest BCUT2D eigenvalue weighted by molar-refractivity contribution is 6.18. The highest BCUT2D eigenvalue weighted by atomic mass is 19.3. The maximum Gasteiger partial charge on any atom is 0.343 e. The molecule has 0 aliphatic carbocycles. The molecule has 1 heterocycles. The van der Waals surface area contributed by atoms with Gasteiger partial charge >= 0.3 is 12.4 Å². The summed E-state index contributed by atoms with van der Waals surface area (Å²) in [4.78, 5) is 24.5. The average Bonchev–Trinajstić information content (AvgIpc) is 2.36. The fraction of sp³-hybridized carbons (Fsp3) is 0.667. The fourth-order valence-electron chi connectivity index (χ4n) is 1.77. The molecule has 0 saturated carbocycles. The molecule has 0 spiro atoms. The first-order chi connectivity index (χ1) is 8.56. The Morgan fingerprint density at radius 3 is 2.39 bits per heavy atom. The molecule has 6 heteroatoms. The van der Waals surface area contributed by atoms with E-state index in [1.54, 1.807) is 11.8 Å². The summed E-state index contributed by atoms with van der Waals surface area (Å²) in [7, 11) is 0. The largest absolute Gasteiger partial charge is 0.462 e. The Morgan fingerprint density at radius 1 is 1.28 bits per heavy atom. The predicted octanol–water partition coefficient (Wildman–Crippen LogP) is 1.75. The van der Waals surface area contributed by atoms with Crippen molar-refractivity contribution in [2.24, 2.45) is 0 Å². The van der Waals surface area contributed by atoms with Gasteiger partial charge in [-0.3, -0.25) is 4.79 Å². The lowest BCUT2D eigenvalue weighted by Gasteiger charge is -2.25. The maximum absolute atomic E-state index is 12.4. The van der Waals surface area contributed by atoms with Crippen LogP contribution in [0.5, 0.6) is 0 Å². The summed E-state index contributed by atoms with van der Waals surface area (Å²) in [5, 5.41) is 0. The van der Waals surface area contributed by atoms with E-state index in [9.17, 15) is 18.4 Å². The predicted molar refractivity (Wildman–Crippen MR) is 61.2 cm³/mol. The molecule has 102 valence electrons. The molecular formula is C12H17F2NO3. The van der Waals surface area contributed by atoms with Crippen LogP contribution in [-0.2, 0) is 14.3 Å². The van der Waals surface area contributed by atoms with Crippen molar-refractivity contribution in [2.75, 3.05) is 19.7 Å². The average molecular weight is 261 g/mol. The summed E-state index contributed by atoms with van der Waals surface area (Å²) in [5.74, 6) is -2.45. The number of ketones is 1. The summed E-state index contributed by atoms with van der Waals surface area (Å²) < 4.78 is 29.5. The number of halogens is 2. The Hall–Kier alpha value is -1.46. The lowest BCUT2D eigenvalue weighted by atomic mass is 10.1. The Labute approximate surface area is 105 Å². The molecule has 0 amide bonds. The third-order valence-electron chi connectivity index (χ3n) is 2.66. The van der Waals surface area contributed by atoms with Crippen molar-refractivity contribution >= 4 is 11.8 Å². The summed E-state index contributed by atoms with van der Waals surface area (Å²) in [5.41, 5.74) is -0.561. The number of carbonyl (C=O) groups is 2. The van der Waals surface area contributed by atoms with Gasteiger partial charge in [-0.2, -0.15) is 0 Å². The Balaban J connectivity index is 2.84. The zero-order valence-electron chi connectivity index (χ0n) is 10.3. The smallest absolute Gasteiger partial charge is 0.343 e. The summed E-state index contributed by atoms with van der Waals surface area (Å²) in [6.07, 6.45) is 0.948. The molecule has 1 aliphatic heterocycles. The van der Waals surface area contributed by atoms with E-state index in [0.717, 1.165) is 19.3 Å². The third-order valence-corrected chi connectivity index (χ3v) is 2.66. The van der Waals surface area contributed by atoms with Crippen molar-refractivity contribution in [1.82, 2.24) is 4.90 Å². The molecule has 0 bridgehead atoms. The molecule has 0 aromatic rings. The quantitative estimate of drug-likeness (QED) is 0.327. The van der Waals surface area contributed by atoms with Crippen molar-refractivity contribution in [2.45, 2.75) is 32.6 Å². The lowest BCUT2D eigenvalue weighted by Crippen LogP contribution is -2.29. The molecule has 0 radical (unpaired) electrons. The number of hydrogen-bond acceptors (Lipinski definition) is 4. The standard InChI is InChI=1S/C12H17F2NO3/c1-2-18-12(17)9(10(16)11(13)14)8-15-6-4-3-5-7-15/h8,11H,2-7H2,1H3/b9-8+. The van der Waals surface area contributed by atoms with Crippen LogP contribution in [0.25, 0.3) is 0 Å². The molecule has 0 unspecified atom stereocenters. The van der Waals surface area contributed by atoms with Gasteiger partial charge in [-0.15, -0.1) is 0 Å². The van der Waals surface area contributed by atoms with Crippen LogP contribution in [-0.4, -0.2) is 42.8 Å². The molecule has 0 N–H and O–H groups in total. The highest BCUT2D eigenvalue weighted by Crippen LogP contribution is 2.14. The number of nitrogens with zero attached hydrogens (tertiary/aromatic N) is 1. The topological polar surface area (TPSA) is 46.6 Å². The molecule has 1 rings (SSSR count). The lowest BCUT2D eigenvalue weighted by molar-refractivity contribution is -0.141. The molecule has 0 aromatic heterocycles. The number of ether oxygens (including phenoxy) is 1. The number of Topliss-reactive ketones (excluding diaryl/α,β-unsaturated/α-hetero) is 1. The zero-order valence-corrected chi connectivity index (χ0v) is 10.3. The number of likely N-dealkylation sites (tertiary alicyclic amines) is 1. The minimum Gasteiger partial charge on any atom is -0.462 e. The second-order valence-corrected chi connectivity index (χ2v) is 4.02. The molecular weight excluding hydrogens is 244 g/mol. The van der Waals surface area contributed by atoms with Crippen molar-refractivity contribution in [1.29, 1.82) is 0 Å². The molecule has 1 fully saturated rings. The van der Waals surface area contributed by atoms with Crippen molar-refractivity contribution in [3.05, 3.63) is 11.8 Å². The van der Waals surface area contributed by atoms with E-state index in [1.165, 1.54) is 6.20 Å². The number of esters is 1.